The Morgan fingerprint density at radius 3 is 1.95 bits per heavy atom. The highest BCUT2D eigenvalue weighted by atomic mass is 16.5. The molecule has 0 aromatic heterocycles. The van der Waals surface area contributed by atoms with E-state index in [9.17, 15) is 29.7 Å². The predicted octanol–water partition coefficient (Wildman–Crippen LogP) is 1.42. The number of hydrogen-bond acceptors (Lipinski definition) is 7. The van der Waals surface area contributed by atoms with Gasteiger partial charge in [0, 0.05) is 18.2 Å². The zero-order valence-corrected chi connectivity index (χ0v) is 11.1. The van der Waals surface area contributed by atoms with E-state index < -0.39 is 34.8 Å². The first-order valence-electron chi connectivity index (χ1n) is 5.72. The largest absolute Gasteiger partial charge is 0.504 e. The quantitative estimate of drug-likeness (QED) is 0.280. The van der Waals surface area contributed by atoms with Crippen molar-refractivity contribution in [2.24, 2.45) is 0 Å². The van der Waals surface area contributed by atoms with Crippen LogP contribution in [0.5, 0.6) is 0 Å². The lowest BCUT2D eigenvalue weighted by atomic mass is 10.2. The summed E-state index contributed by atoms with van der Waals surface area (Å²) < 4.78 is 4.56. The summed E-state index contributed by atoms with van der Waals surface area (Å²) >= 11 is 0. The Morgan fingerprint density at radius 2 is 1.45 bits per heavy atom. The van der Waals surface area contributed by atoms with Gasteiger partial charge in [0.05, 0.1) is 6.61 Å². The van der Waals surface area contributed by atoms with Crippen LogP contribution >= 0.6 is 0 Å². The van der Waals surface area contributed by atoms with E-state index >= 15 is 0 Å². The monoisotopic (exact) mass is 284 g/mol. The minimum absolute atomic E-state index is 0.0914. The number of carbonyl (C=O) groups excluding carboxylic acids is 3. The second-order valence-corrected chi connectivity index (χ2v) is 3.74. The molecule has 20 heavy (non-hydrogen) atoms. The molecular weight excluding hydrogens is 268 g/mol. The Balaban J connectivity index is 4.84. The minimum Gasteiger partial charge on any atom is -0.504 e. The van der Waals surface area contributed by atoms with Gasteiger partial charge in [0.1, 0.15) is 0 Å². The maximum Gasteiger partial charge on any atom is 0.373 e. The van der Waals surface area contributed by atoms with Crippen LogP contribution in [0.1, 0.15) is 20.3 Å². The number of carbonyl (C=O) groups is 3. The second kappa shape index (κ2) is 8.52. The van der Waals surface area contributed by atoms with Crippen LogP contribution in [0.2, 0.25) is 0 Å². The number of ether oxygens (including phenoxy) is 1. The molecule has 0 bridgehead atoms. The third-order valence-electron chi connectivity index (χ3n) is 1.81. The van der Waals surface area contributed by atoms with Crippen LogP contribution in [0.3, 0.4) is 0 Å². The van der Waals surface area contributed by atoms with E-state index in [0.29, 0.717) is 24.6 Å². The molecule has 0 atom stereocenters. The van der Waals surface area contributed by atoms with Gasteiger partial charge in [0.2, 0.25) is 5.76 Å². The molecule has 0 aliphatic rings. The molecule has 0 heterocycles. The van der Waals surface area contributed by atoms with Gasteiger partial charge < -0.3 is 20.1 Å². The fourth-order valence-electron chi connectivity index (χ4n) is 0.979. The summed E-state index contributed by atoms with van der Waals surface area (Å²) in [6.07, 6.45) is 2.32. The summed E-state index contributed by atoms with van der Waals surface area (Å²) in [6, 6.07) is 0. The molecule has 110 valence electrons. The van der Waals surface area contributed by atoms with Crippen molar-refractivity contribution in [2.75, 3.05) is 6.61 Å². The minimum atomic E-state index is -1.07. The number of hydrogen-bond donors (Lipinski definition) is 3. The highest BCUT2D eigenvalue weighted by molar-refractivity contribution is 6.04. The van der Waals surface area contributed by atoms with Gasteiger partial charge in [-0.3, -0.25) is 9.59 Å². The maximum atomic E-state index is 11.3. The van der Waals surface area contributed by atoms with Crippen molar-refractivity contribution in [3.05, 3.63) is 35.5 Å². The molecule has 0 aliphatic heterocycles. The molecule has 0 saturated carbocycles. The highest BCUT2D eigenvalue weighted by Gasteiger charge is 2.11. The van der Waals surface area contributed by atoms with Crippen molar-refractivity contribution in [1.82, 2.24) is 0 Å². The van der Waals surface area contributed by atoms with Crippen LogP contribution in [-0.2, 0) is 19.1 Å². The summed E-state index contributed by atoms with van der Waals surface area (Å²) in [6.45, 7) is 2.99. The third-order valence-corrected chi connectivity index (χ3v) is 1.81. The van der Waals surface area contributed by atoms with Crippen LogP contribution in [0.4, 0.5) is 0 Å². The van der Waals surface area contributed by atoms with Gasteiger partial charge in [0.25, 0.3) is 0 Å². The number of esters is 1. The summed E-state index contributed by atoms with van der Waals surface area (Å²) in [5.41, 5.74) is 0. The molecule has 0 unspecified atom stereocenters. The van der Waals surface area contributed by atoms with E-state index in [1.54, 1.807) is 6.92 Å². The van der Waals surface area contributed by atoms with Crippen molar-refractivity contribution in [3.63, 3.8) is 0 Å². The standard InChI is InChI=1S/C13H16O7/c1-3-4-20-13(19)12(18)7-9(15)6-11(17)10(16)5-8(2)14/h5-7,16-18H,3-4H2,1-2H3. The van der Waals surface area contributed by atoms with Crippen LogP contribution < -0.4 is 0 Å². The molecule has 0 aromatic rings. The molecule has 0 amide bonds. The molecule has 0 spiro atoms. The smallest absolute Gasteiger partial charge is 0.373 e. The molecule has 0 saturated heterocycles. The van der Waals surface area contributed by atoms with Crippen molar-refractivity contribution in [2.45, 2.75) is 20.3 Å². The zero-order valence-electron chi connectivity index (χ0n) is 11.1. The lowest BCUT2D eigenvalue weighted by molar-refractivity contribution is -0.142. The Labute approximate surface area is 115 Å². The number of allylic oxidation sites excluding steroid dienone is 3. The van der Waals surface area contributed by atoms with E-state index in [1.165, 1.54) is 0 Å². The van der Waals surface area contributed by atoms with E-state index in [4.69, 9.17) is 0 Å². The van der Waals surface area contributed by atoms with Gasteiger partial charge in [-0.2, -0.15) is 0 Å². The zero-order chi connectivity index (χ0) is 15.7. The van der Waals surface area contributed by atoms with E-state index in [2.05, 4.69) is 4.74 Å². The lowest BCUT2D eigenvalue weighted by Crippen LogP contribution is -2.09. The normalized spacial score (nSPS) is 13.0. The summed E-state index contributed by atoms with van der Waals surface area (Å²) in [5, 5.41) is 27.7. The van der Waals surface area contributed by atoms with E-state index in [-0.39, 0.29) is 6.61 Å². The summed E-state index contributed by atoms with van der Waals surface area (Å²) in [4.78, 5) is 33.1. The first kappa shape index (κ1) is 17.4. The lowest BCUT2D eigenvalue weighted by Gasteiger charge is -2.01. The number of ketones is 2. The summed E-state index contributed by atoms with van der Waals surface area (Å²) in [5.74, 6) is -5.16. The average molecular weight is 284 g/mol. The van der Waals surface area contributed by atoms with Crippen LogP contribution in [0, 0.1) is 0 Å². The molecule has 7 heteroatoms. The molecule has 0 aromatic carbocycles. The molecule has 0 fully saturated rings. The number of aliphatic hydroxyl groups is 3. The molecule has 0 aliphatic carbocycles. The number of aliphatic hydroxyl groups excluding tert-OH is 3. The van der Waals surface area contributed by atoms with Gasteiger partial charge >= 0.3 is 5.97 Å². The summed E-state index contributed by atoms with van der Waals surface area (Å²) in [7, 11) is 0. The first-order chi connectivity index (χ1) is 9.27. The highest BCUT2D eigenvalue weighted by Crippen LogP contribution is 2.04. The van der Waals surface area contributed by atoms with Crippen molar-refractivity contribution in [3.8, 4) is 0 Å². The second-order valence-electron chi connectivity index (χ2n) is 3.74. The maximum absolute atomic E-state index is 11.3. The van der Waals surface area contributed by atoms with Crippen LogP contribution in [0.15, 0.2) is 35.5 Å². The van der Waals surface area contributed by atoms with Crippen molar-refractivity contribution in [1.29, 1.82) is 0 Å². The Kier molecular flexibility index (Phi) is 7.42. The number of rotatable bonds is 7. The van der Waals surface area contributed by atoms with E-state index in [0.717, 1.165) is 6.92 Å². The van der Waals surface area contributed by atoms with E-state index in [1.807, 2.05) is 0 Å². The molecule has 0 radical (unpaired) electrons. The SMILES string of the molecule is CCCOC(=O)C(O)=CC(=O)C=C(O)C(O)=CC(C)=O. The third kappa shape index (κ3) is 7.00. The first-order valence-corrected chi connectivity index (χ1v) is 5.72. The van der Waals surface area contributed by atoms with Gasteiger partial charge in [-0.1, -0.05) is 6.92 Å². The molecule has 3 N–H and O–H groups in total. The Hall–Kier alpha value is -2.57. The molecule has 7 nitrogen and oxygen atoms in total. The van der Waals surface area contributed by atoms with Crippen molar-refractivity contribution >= 4 is 17.5 Å². The van der Waals surface area contributed by atoms with Gasteiger partial charge in [-0.05, 0) is 13.3 Å². The topological polar surface area (TPSA) is 121 Å². The average Bonchev–Trinajstić information content (AvgIpc) is 2.34. The van der Waals surface area contributed by atoms with Gasteiger partial charge in [-0.25, -0.2) is 4.79 Å². The molecular formula is C13H16O7. The van der Waals surface area contributed by atoms with Gasteiger partial charge in [0.15, 0.2) is 23.1 Å². The Morgan fingerprint density at radius 1 is 0.950 bits per heavy atom. The van der Waals surface area contributed by atoms with Crippen molar-refractivity contribution < 1.29 is 34.4 Å². The van der Waals surface area contributed by atoms with Crippen LogP contribution in [0.25, 0.3) is 0 Å². The Bertz CT molecular complexity index is 483. The van der Waals surface area contributed by atoms with Gasteiger partial charge in [-0.15, -0.1) is 0 Å². The molecule has 0 rings (SSSR count). The predicted molar refractivity (Wildman–Crippen MR) is 69.1 cm³/mol. The fraction of sp³-hybridized carbons (Fsp3) is 0.308. The fourth-order valence-corrected chi connectivity index (χ4v) is 0.979. The van der Waals surface area contributed by atoms with Crippen LogP contribution in [-0.4, -0.2) is 39.5 Å².